The second kappa shape index (κ2) is 8.18. The van der Waals surface area contributed by atoms with Crippen LogP contribution in [0.25, 0.3) is 11.3 Å². The minimum Gasteiger partial charge on any atom is -0.457 e. The largest absolute Gasteiger partial charge is 0.457 e. The quantitative estimate of drug-likeness (QED) is 0.691. The summed E-state index contributed by atoms with van der Waals surface area (Å²) in [6.07, 6.45) is 5.39. The number of hydrogen-bond acceptors (Lipinski definition) is 11. The number of likely N-dealkylation sites (tertiary alicyclic amines) is 1. The Morgan fingerprint density at radius 1 is 0.971 bits per heavy atom. The van der Waals surface area contributed by atoms with E-state index in [0.717, 1.165) is 80.2 Å². The first-order valence-corrected chi connectivity index (χ1v) is 12.4. The van der Waals surface area contributed by atoms with E-state index in [2.05, 4.69) is 50.4 Å². The van der Waals surface area contributed by atoms with Gasteiger partial charge >= 0.3 is 0 Å². The summed E-state index contributed by atoms with van der Waals surface area (Å²) in [6.45, 7) is 12.7. The number of rotatable bonds is 3. The number of nitrogens with zero attached hydrogens (tertiary/aromatic N) is 8. The molecule has 0 saturated carbocycles. The second-order valence-corrected chi connectivity index (χ2v) is 10.6. The molecule has 0 amide bonds. The predicted molar refractivity (Wildman–Crippen MR) is 134 cm³/mol. The Labute approximate surface area is 205 Å². The minimum absolute atomic E-state index is 0.0879. The summed E-state index contributed by atoms with van der Waals surface area (Å²) in [7, 11) is 0. The van der Waals surface area contributed by atoms with E-state index in [4.69, 9.17) is 25.2 Å². The zero-order valence-corrected chi connectivity index (χ0v) is 20.7. The summed E-state index contributed by atoms with van der Waals surface area (Å²) in [5.74, 6) is 2.00. The number of morpholine rings is 1. The number of amidine groups is 1. The number of aromatic nitrogens is 4. The van der Waals surface area contributed by atoms with Gasteiger partial charge in [-0.25, -0.2) is 19.9 Å². The van der Waals surface area contributed by atoms with Crippen molar-refractivity contribution in [2.24, 2.45) is 4.99 Å². The van der Waals surface area contributed by atoms with Crippen molar-refractivity contribution in [3.63, 3.8) is 0 Å². The van der Waals surface area contributed by atoms with Crippen LogP contribution in [0.15, 0.2) is 17.4 Å². The van der Waals surface area contributed by atoms with Gasteiger partial charge in [-0.2, -0.15) is 4.98 Å². The first-order valence-electron chi connectivity index (χ1n) is 12.4. The summed E-state index contributed by atoms with van der Waals surface area (Å²) >= 11 is 0. The monoisotopic (exact) mass is 479 g/mol. The van der Waals surface area contributed by atoms with Crippen molar-refractivity contribution in [3.8, 4) is 11.3 Å². The fourth-order valence-corrected chi connectivity index (χ4v) is 5.44. The standard InChI is InChI=1S/C24H33N9O2/c1-23(2)14-28-22(35-23)32-7-5-24(3,15-32)33-6-4-17-18(16-12-26-20(25)27-13-16)29-21(30-19(17)33)31-8-10-34-11-9-31/h12-13H,4-11,14-15H2,1-3H3,(H2,25,26,27). The number of ether oxygens (including phenoxy) is 2. The molecule has 2 aromatic rings. The number of nitrogens with two attached hydrogens (primary N) is 1. The van der Waals surface area contributed by atoms with Crippen LogP contribution in [0.2, 0.25) is 0 Å². The number of fused-ring (bicyclic) bond motifs is 1. The summed E-state index contributed by atoms with van der Waals surface area (Å²) in [5, 5.41) is 0. The zero-order chi connectivity index (χ0) is 24.2. The Kier molecular flexibility index (Phi) is 5.21. The molecule has 2 saturated heterocycles. The van der Waals surface area contributed by atoms with Crippen LogP contribution in [-0.2, 0) is 15.9 Å². The summed E-state index contributed by atoms with van der Waals surface area (Å²) in [4.78, 5) is 30.2. The normalized spacial score (nSPS) is 25.6. The molecule has 1 unspecified atom stereocenters. The van der Waals surface area contributed by atoms with E-state index in [1.807, 2.05) is 0 Å². The number of hydrogen-bond donors (Lipinski definition) is 1. The maximum absolute atomic E-state index is 6.13. The van der Waals surface area contributed by atoms with E-state index in [9.17, 15) is 0 Å². The molecule has 186 valence electrons. The van der Waals surface area contributed by atoms with Gasteiger partial charge in [0.05, 0.1) is 31.0 Å². The second-order valence-electron chi connectivity index (χ2n) is 10.6. The SMILES string of the molecule is CC1(C)CN=C(N2CCC(C)(N3CCc4c(-c5cnc(N)nc5)nc(N5CCOCC5)nc43)C2)O1. The molecule has 11 nitrogen and oxygen atoms in total. The lowest BCUT2D eigenvalue weighted by atomic mass is 9.99. The van der Waals surface area contributed by atoms with E-state index in [1.165, 1.54) is 0 Å². The topological polar surface area (TPSA) is 118 Å². The van der Waals surface area contributed by atoms with Crippen LogP contribution in [0, 0.1) is 0 Å². The lowest BCUT2D eigenvalue weighted by molar-refractivity contribution is 0.107. The molecule has 4 aliphatic rings. The third-order valence-corrected chi connectivity index (χ3v) is 7.39. The van der Waals surface area contributed by atoms with Crippen LogP contribution in [-0.4, -0.2) is 94.5 Å². The van der Waals surface area contributed by atoms with Gasteiger partial charge in [0.1, 0.15) is 11.4 Å². The van der Waals surface area contributed by atoms with Gasteiger partial charge in [-0.15, -0.1) is 0 Å². The van der Waals surface area contributed by atoms with E-state index < -0.39 is 0 Å². The average Bonchev–Trinajstić information content (AvgIpc) is 3.56. The highest BCUT2D eigenvalue weighted by atomic mass is 16.5. The highest BCUT2D eigenvalue weighted by molar-refractivity contribution is 5.77. The highest BCUT2D eigenvalue weighted by Crippen LogP contribution is 2.42. The zero-order valence-electron chi connectivity index (χ0n) is 20.7. The van der Waals surface area contributed by atoms with Crippen LogP contribution < -0.4 is 15.5 Å². The minimum atomic E-state index is -0.231. The van der Waals surface area contributed by atoms with Crippen LogP contribution in [0.5, 0.6) is 0 Å². The third kappa shape index (κ3) is 4.01. The van der Waals surface area contributed by atoms with Crippen molar-refractivity contribution >= 4 is 23.7 Å². The smallest absolute Gasteiger partial charge is 0.288 e. The number of nitrogen functional groups attached to an aromatic ring is 1. The van der Waals surface area contributed by atoms with Crippen LogP contribution in [0.4, 0.5) is 17.7 Å². The van der Waals surface area contributed by atoms with Gasteiger partial charge in [-0.3, -0.25) is 0 Å². The molecule has 0 spiro atoms. The molecular formula is C24H33N9O2. The molecule has 35 heavy (non-hydrogen) atoms. The van der Waals surface area contributed by atoms with Crippen LogP contribution in [0.3, 0.4) is 0 Å². The predicted octanol–water partition coefficient (Wildman–Crippen LogP) is 1.34. The van der Waals surface area contributed by atoms with Crippen LogP contribution >= 0.6 is 0 Å². The maximum Gasteiger partial charge on any atom is 0.288 e. The van der Waals surface area contributed by atoms with Gasteiger partial charge in [-0.05, 0) is 33.6 Å². The number of aliphatic imine (C=N–C) groups is 1. The van der Waals surface area contributed by atoms with Gasteiger partial charge < -0.3 is 29.9 Å². The Morgan fingerprint density at radius 3 is 2.46 bits per heavy atom. The molecule has 2 N–H and O–H groups in total. The first-order chi connectivity index (χ1) is 16.8. The first kappa shape index (κ1) is 22.3. The lowest BCUT2D eigenvalue weighted by Crippen LogP contribution is -2.49. The third-order valence-electron chi connectivity index (χ3n) is 7.39. The van der Waals surface area contributed by atoms with Crippen molar-refractivity contribution in [1.82, 2.24) is 24.8 Å². The van der Waals surface area contributed by atoms with Crippen LogP contribution in [0.1, 0.15) is 32.8 Å². The summed E-state index contributed by atoms with van der Waals surface area (Å²) in [5.41, 5.74) is 8.34. The molecule has 1 atom stereocenters. The van der Waals surface area contributed by atoms with E-state index in [1.54, 1.807) is 12.4 Å². The molecular weight excluding hydrogens is 446 g/mol. The highest BCUT2D eigenvalue weighted by Gasteiger charge is 2.46. The molecule has 2 fully saturated rings. The Balaban J connectivity index is 1.35. The van der Waals surface area contributed by atoms with Gasteiger partial charge in [0.25, 0.3) is 6.02 Å². The van der Waals surface area contributed by atoms with Crippen molar-refractivity contribution in [2.45, 2.75) is 44.8 Å². The van der Waals surface area contributed by atoms with E-state index >= 15 is 0 Å². The molecule has 4 aliphatic heterocycles. The number of anilines is 3. The summed E-state index contributed by atoms with van der Waals surface area (Å²) < 4.78 is 11.7. The fraction of sp³-hybridized carbons (Fsp3) is 0.625. The lowest BCUT2D eigenvalue weighted by Gasteiger charge is -2.37. The molecule has 0 radical (unpaired) electrons. The fourth-order valence-electron chi connectivity index (χ4n) is 5.44. The Morgan fingerprint density at radius 2 is 1.74 bits per heavy atom. The molecule has 2 aromatic heterocycles. The average molecular weight is 480 g/mol. The summed E-state index contributed by atoms with van der Waals surface area (Å²) in [6, 6.07) is 0.773. The van der Waals surface area contributed by atoms with Gasteiger partial charge in [0.15, 0.2) is 0 Å². The molecule has 0 aromatic carbocycles. The molecule has 0 aliphatic carbocycles. The molecule has 6 heterocycles. The van der Waals surface area contributed by atoms with Crippen molar-refractivity contribution in [3.05, 3.63) is 18.0 Å². The van der Waals surface area contributed by atoms with Gasteiger partial charge in [-0.1, -0.05) is 0 Å². The Hall–Kier alpha value is -3.21. The van der Waals surface area contributed by atoms with Crippen molar-refractivity contribution in [1.29, 1.82) is 0 Å². The van der Waals surface area contributed by atoms with Gasteiger partial charge in [0.2, 0.25) is 11.9 Å². The van der Waals surface area contributed by atoms with Crippen molar-refractivity contribution in [2.75, 3.05) is 68.0 Å². The molecule has 6 rings (SSSR count). The maximum atomic E-state index is 6.13. The van der Waals surface area contributed by atoms with Gasteiger partial charge in [0, 0.05) is 56.2 Å². The Bertz CT molecular complexity index is 1150. The molecule has 11 heteroatoms. The van der Waals surface area contributed by atoms with E-state index in [0.29, 0.717) is 19.8 Å². The van der Waals surface area contributed by atoms with Crippen molar-refractivity contribution < 1.29 is 9.47 Å². The van der Waals surface area contributed by atoms with E-state index in [-0.39, 0.29) is 17.1 Å². The molecule has 0 bridgehead atoms.